The normalized spacial score (nSPS) is 11.4. The lowest BCUT2D eigenvalue weighted by Crippen LogP contribution is -2.27. The molecule has 0 spiro atoms. The fourth-order valence-electron chi connectivity index (χ4n) is 1.86. The number of carbonyl (C=O) groups excluding carboxylic acids is 2. The summed E-state index contributed by atoms with van der Waals surface area (Å²) in [5.74, 6) is 1.10. The van der Waals surface area contributed by atoms with Crippen LogP contribution in [0.25, 0.3) is 0 Å². The molecule has 1 rings (SSSR count). The number of halogens is 1. The minimum Gasteiger partial charge on any atom is -0.465 e. The van der Waals surface area contributed by atoms with E-state index in [4.69, 9.17) is 11.2 Å². The van der Waals surface area contributed by atoms with Crippen LogP contribution in [-0.4, -0.2) is 18.4 Å². The van der Waals surface area contributed by atoms with Crippen molar-refractivity contribution < 1.29 is 14.3 Å². The zero-order valence-corrected chi connectivity index (χ0v) is 13.6. The minimum atomic E-state index is -0.765. The van der Waals surface area contributed by atoms with Gasteiger partial charge in [-0.3, -0.25) is 9.59 Å². The number of hydrogen-bond donors (Lipinski definition) is 0. The number of carbonyl (C=O) groups is 2. The topological polar surface area (TPSA) is 43.4 Å². The smallest absolute Gasteiger partial charge is 0.316 e. The molecule has 106 valence electrons. The Kier molecular flexibility index (Phi) is 7.31. The van der Waals surface area contributed by atoms with Crippen molar-refractivity contribution in [1.82, 2.24) is 0 Å². The van der Waals surface area contributed by atoms with E-state index < -0.39 is 11.9 Å². The van der Waals surface area contributed by atoms with E-state index in [0.717, 1.165) is 3.57 Å². The lowest BCUT2D eigenvalue weighted by molar-refractivity contribution is -0.146. The number of terminal acetylenes is 1. The minimum absolute atomic E-state index is 0.189. The van der Waals surface area contributed by atoms with E-state index in [-0.39, 0.29) is 12.4 Å². The maximum Gasteiger partial charge on any atom is 0.316 e. The van der Waals surface area contributed by atoms with Crippen LogP contribution in [-0.2, 0) is 9.53 Å². The van der Waals surface area contributed by atoms with E-state index in [0.29, 0.717) is 24.8 Å². The SMILES string of the molecule is C#CCCCC(C(=O)OCC)C(=O)c1ccccc1I. The van der Waals surface area contributed by atoms with Gasteiger partial charge in [-0.25, -0.2) is 0 Å². The van der Waals surface area contributed by atoms with Crippen LogP contribution in [0.4, 0.5) is 0 Å². The van der Waals surface area contributed by atoms with Gasteiger partial charge in [-0.2, -0.15) is 0 Å². The van der Waals surface area contributed by atoms with Crippen LogP contribution in [0, 0.1) is 21.8 Å². The second-order valence-corrected chi connectivity index (χ2v) is 5.41. The highest BCUT2D eigenvalue weighted by Gasteiger charge is 2.29. The number of ether oxygens (including phenoxy) is 1. The van der Waals surface area contributed by atoms with Gasteiger partial charge in [-0.15, -0.1) is 12.3 Å². The van der Waals surface area contributed by atoms with Crippen LogP contribution in [0.3, 0.4) is 0 Å². The van der Waals surface area contributed by atoms with Gasteiger partial charge in [0.1, 0.15) is 5.92 Å². The van der Waals surface area contributed by atoms with Gasteiger partial charge in [-0.05, 0) is 48.4 Å². The predicted octanol–water partition coefficient (Wildman–Crippen LogP) is 3.46. The van der Waals surface area contributed by atoms with E-state index >= 15 is 0 Å². The van der Waals surface area contributed by atoms with Crippen molar-refractivity contribution in [3.63, 3.8) is 0 Å². The summed E-state index contributed by atoms with van der Waals surface area (Å²) in [6, 6.07) is 7.23. The van der Waals surface area contributed by atoms with Crippen LogP contribution in [0.15, 0.2) is 24.3 Å². The van der Waals surface area contributed by atoms with Gasteiger partial charge in [0.25, 0.3) is 0 Å². The summed E-state index contributed by atoms with van der Waals surface area (Å²) in [5, 5.41) is 0. The third kappa shape index (κ3) is 4.64. The molecule has 0 saturated heterocycles. The van der Waals surface area contributed by atoms with Crippen molar-refractivity contribution in [2.24, 2.45) is 5.92 Å². The second-order valence-electron chi connectivity index (χ2n) is 4.25. The summed E-state index contributed by atoms with van der Waals surface area (Å²) >= 11 is 2.09. The molecule has 4 heteroatoms. The van der Waals surface area contributed by atoms with Crippen molar-refractivity contribution in [2.45, 2.75) is 26.2 Å². The van der Waals surface area contributed by atoms with Gasteiger partial charge in [0.15, 0.2) is 5.78 Å². The Morgan fingerprint density at radius 1 is 1.40 bits per heavy atom. The Hall–Kier alpha value is -1.35. The highest BCUT2D eigenvalue weighted by atomic mass is 127. The first-order valence-corrected chi connectivity index (χ1v) is 7.58. The molecule has 0 fully saturated rings. The van der Waals surface area contributed by atoms with Crippen molar-refractivity contribution in [2.75, 3.05) is 6.61 Å². The van der Waals surface area contributed by atoms with E-state index in [9.17, 15) is 9.59 Å². The average molecular weight is 384 g/mol. The number of hydrogen-bond acceptors (Lipinski definition) is 3. The fourth-order valence-corrected chi connectivity index (χ4v) is 2.51. The Balaban J connectivity index is 2.92. The van der Waals surface area contributed by atoms with Gasteiger partial charge in [0.2, 0.25) is 0 Å². The Morgan fingerprint density at radius 3 is 2.70 bits per heavy atom. The predicted molar refractivity (Wildman–Crippen MR) is 86.3 cm³/mol. The van der Waals surface area contributed by atoms with Crippen LogP contribution >= 0.6 is 22.6 Å². The van der Waals surface area contributed by atoms with Crippen LogP contribution in [0.5, 0.6) is 0 Å². The number of ketones is 1. The number of Topliss-reactive ketones (excluding diaryl/α,β-unsaturated/α-hetero) is 1. The van der Waals surface area contributed by atoms with Crippen LogP contribution in [0.2, 0.25) is 0 Å². The first kappa shape index (κ1) is 16.7. The quantitative estimate of drug-likeness (QED) is 0.181. The molecule has 0 bridgehead atoms. The molecule has 0 N–H and O–H groups in total. The third-order valence-electron chi connectivity index (χ3n) is 2.84. The Morgan fingerprint density at radius 2 is 2.10 bits per heavy atom. The summed E-state index contributed by atoms with van der Waals surface area (Å²) < 4.78 is 5.84. The van der Waals surface area contributed by atoms with Gasteiger partial charge in [0.05, 0.1) is 6.61 Å². The lowest BCUT2D eigenvalue weighted by atomic mass is 9.92. The summed E-state index contributed by atoms with van der Waals surface area (Å²) in [5.41, 5.74) is 0.562. The van der Waals surface area contributed by atoms with Crippen LogP contribution < -0.4 is 0 Å². The molecule has 1 aromatic rings. The first-order chi connectivity index (χ1) is 9.61. The van der Waals surface area contributed by atoms with E-state index in [2.05, 4.69) is 28.5 Å². The molecule has 0 radical (unpaired) electrons. The van der Waals surface area contributed by atoms with Crippen LogP contribution in [0.1, 0.15) is 36.5 Å². The maximum atomic E-state index is 12.5. The third-order valence-corrected chi connectivity index (χ3v) is 3.78. The summed E-state index contributed by atoms with van der Waals surface area (Å²) in [7, 11) is 0. The lowest BCUT2D eigenvalue weighted by Gasteiger charge is -2.14. The summed E-state index contributed by atoms with van der Waals surface area (Å²) in [6.45, 7) is 2.00. The number of unbranched alkanes of at least 4 members (excludes halogenated alkanes) is 1. The molecule has 0 aliphatic heterocycles. The molecule has 20 heavy (non-hydrogen) atoms. The molecular formula is C16H17IO3. The van der Waals surface area contributed by atoms with Crippen molar-refractivity contribution in [3.05, 3.63) is 33.4 Å². The number of rotatable bonds is 7. The molecule has 1 unspecified atom stereocenters. The molecule has 1 atom stereocenters. The second kappa shape index (κ2) is 8.75. The molecule has 0 saturated carbocycles. The number of benzene rings is 1. The van der Waals surface area contributed by atoms with E-state index in [1.807, 2.05) is 12.1 Å². The monoisotopic (exact) mass is 384 g/mol. The van der Waals surface area contributed by atoms with Gasteiger partial charge < -0.3 is 4.74 Å². The van der Waals surface area contributed by atoms with E-state index in [1.54, 1.807) is 19.1 Å². The maximum absolute atomic E-state index is 12.5. The summed E-state index contributed by atoms with van der Waals surface area (Å²) in [6.07, 6.45) is 6.82. The molecule has 1 aromatic carbocycles. The zero-order valence-electron chi connectivity index (χ0n) is 11.4. The average Bonchev–Trinajstić information content (AvgIpc) is 2.44. The van der Waals surface area contributed by atoms with Crippen molar-refractivity contribution >= 4 is 34.3 Å². The number of esters is 1. The molecule has 0 aliphatic rings. The summed E-state index contributed by atoms with van der Waals surface area (Å²) in [4.78, 5) is 24.5. The fraction of sp³-hybridized carbons (Fsp3) is 0.375. The molecule has 0 aliphatic carbocycles. The molecule has 0 amide bonds. The standard InChI is InChI=1S/C16H17IO3/c1-3-5-6-10-13(16(19)20-4-2)15(18)12-9-7-8-11-14(12)17/h1,7-9,11,13H,4-6,10H2,2H3. The molecule has 3 nitrogen and oxygen atoms in total. The molecule has 0 heterocycles. The van der Waals surface area contributed by atoms with Crippen molar-refractivity contribution in [3.8, 4) is 12.3 Å². The Labute approximate surface area is 133 Å². The Bertz CT molecular complexity index is 517. The van der Waals surface area contributed by atoms with Gasteiger partial charge in [0, 0.05) is 15.6 Å². The first-order valence-electron chi connectivity index (χ1n) is 6.50. The highest BCUT2D eigenvalue weighted by Crippen LogP contribution is 2.21. The zero-order chi connectivity index (χ0) is 15.0. The highest BCUT2D eigenvalue weighted by molar-refractivity contribution is 14.1. The van der Waals surface area contributed by atoms with Gasteiger partial charge >= 0.3 is 5.97 Å². The largest absolute Gasteiger partial charge is 0.465 e. The van der Waals surface area contributed by atoms with Crippen molar-refractivity contribution in [1.29, 1.82) is 0 Å². The van der Waals surface area contributed by atoms with E-state index in [1.165, 1.54) is 0 Å². The molecular weight excluding hydrogens is 367 g/mol. The molecule has 0 aromatic heterocycles. The van der Waals surface area contributed by atoms with Gasteiger partial charge in [-0.1, -0.05) is 18.2 Å².